The van der Waals surface area contributed by atoms with Gasteiger partial charge in [0.25, 0.3) is 0 Å². The van der Waals surface area contributed by atoms with E-state index in [2.05, 4.69) is 19.0 Å². The molecular formula is C8H21Cl2NO2S. The highest BCUT2D eigenvalue weighted by Crippen LogP contribution is 2.34. The van der Waals surface area contributed by atoms with Crippen LogP contribution in [0, 0.1) is 5.41 Å². The molecule has 0 unspecified atom stereocenters. The summed E-state index contributed by atoms with van der Waals surface area (Å²) in [5.74, 6) is 0. The topological polar surface area (TPSA) is 60.2 Å². The predicted molar refractivity (Wildman–Crippen MR) is 65.9 cm³/mol. The van der Waals surface area contributed by atoms with Crippen LogP contribution in [-0.2, 0) is 10.9 Å². The highest BCUT2D eigenvalue weighted by Gasteiger charge is 2.19. The quantitative estimate of drug-likeness (QED) is 0.661. The predicted octanol–water partition coefficient (Wildman–Crippen LogP) is 2.29. The Bertz CT molecular complexity index is 180. The molecule has 1 saturated carbocycles. The van der Waals surface area contributed by atoms with Gasteiger partial charge < -0.3 is 0 Å². The zero-order valence-electron chi connectivity index (χ0n) is 8.69. The van der Waals surface area contributed by atoms with Crippen molar-refractivity contribution in [1.82, 2.24) is 0 Å². The molecule has 3 nitrogen and oxygen atoms in total. The summed E-state index contributed by atoms with van der Waals surface area (Å²) in [5.41, 5.74) is 0.679. The Morgan fingerprint density at radius 1 is 1.00 bits per heavy atom. The van der Waals surface area contributed by atoms with E-state index in [1.54, 1.807) is 0 Å². The van der Waals surface area contributed by atoms with E-state index in [1.807, 2.05) is 0 Å². The number of nitrogens with two attached hydrogens (primary N) is 1. The molecule has 0 saturated heterocycles. The Morgan fingerprint density at radius 2 is 1.29 bits per heavy atom. The van der Waals surface area contributed by atoms with E-state index in [-0.39, 0.29) is 24.8 Å². The van der Waals surface area contributed by atoms with Gasteiger partial charge in [0.05, 0.1) is 0 Å². The molecule has 0 heterocycles. The lowest BCUT2D eigenvalue weighted by Crippen LogP contribution is -2.14. The summed E-state index contributed by atoms with van der Waals surface area (Å²) >= 11 is 0. The molecule has 0 spiro atoms. The van der Waals surface area contributed by atoms with Crippen molar-refractivity contribution in [2.45, 2.75) is 46.0 Å². The van der Waals surface area contributed by atoms with Crippen molar-refractivity contribution in [3.63, 3.8) is 0 Å². The molecule has 1 aliphatic carbocycles. The van der Waals surface area contributed by atoms with Crippen LogP contribution >= 0.6 is 24.8 Å². The number of halogens is 2. The summed E-state index contributed by atoms with van der Waals surface area (Å²) in [5, 5.41) is 4.06. The van der Waals surface area contributed by atoms with Crippen molar-refractivity contribution in [3.05, 3.63) is 0 Å². The van der Waals surface area contributed by atoms with E-state index in [0.29, 0.717) is 5.41 Å². The van der Waals surface area contributed by atoms with E-state index in [9.17, 15) is 0 Å². The highest BCUT2D eigenvalue weighted by atomic mass is 35.5. The Morgan fingerprint density at radius 3 is 1.43 bits per heavy atom. The van der Waals surface area contributed by atoms with Crippen molar-refractivity contribution in [2.75, 3.05) is 0 Å². The first kappa shape index (κ1) is 20.0. The van der Waals surface area contributed by atoms with Crippen LogP contribution in [0.15, 0.2) is 0 Å². The molecule has 6 heteroatoms. The molecule has 2 N–H and O–H groups in total. The van der Waals surface area contributed by atoms with Gasteiger partial charge in [0.1, 0.15) is 0 Å². The first-order valence-corrected chi connectivity index (χ1v) is 5.58. The number of hydrogen-bond acceptors (Lipinski definition) is 2. The third-order valence-electron chi connectivity index (χ3n) is 2.21. The Balaban J connectivity index is -0.000000180. The molecule has 0 amide bonds. The van der Waals surface area contributed by atoms with Crippen molar-refractivity contribution >= 4 is 35.7 Å². The van der Waals surface area contributed by atoms with Crippen molar-refractivity contribution < 1.29 is 8.42 Å². The maximum atomic E-state index is 8.81. The van der Waals surface area contributed by atoms with Gasteiger partial charge in [0, 0.05) is 0 Å². The molecule has 0 aliphatic heterocycles. The monoisotopic (exact) mass is 265 g/mol. The SMILES string of the molecule is CC1(C)CCCCC1.Cl.Cl.N[SH](=O)=O. The van der Waals surface area contributed by atoms with Crippen LogP contribution < -0.4 is 5.14 Å². The Hall–Kier alpha value is 0.490. The van der Waals surface area contributed by atoms with Crippen LogP contribution in [0.2, 0.25) is 0 Å². The summed E-state index contributed by atoms with van der Waals surface area (Å²) < 4.78 is 17.6. The molecular weight excluding hydrogens is 245 g/mol. The van der Waals surface area contributed by atoms with Crippen LogP contribution in [0.25, 0.3) is 0 Å². The molecule has 0 bridgehead atoms. The zero-order valence-corrected chi connectivity index (χ0v) is 11.2. The lowest BCUT2D eigenvalue weighted by Gasteiger charge is -2.28. The highest BCUT2D eigenvalue weighted by molar-refractivity contribution is 7.69. The van der Waals surface area contributed by atoms with Gasteiger partial charge in [-0.05, 0) is 18.3 Å². The Kier molecular flexibility index (Phi) is 14.3. The smallest absolute Gasteiger partial charge is 0.198 e. The van der Waals surface area contributed by atoms with E-state index in [0.717, 1.165) is 0 Å². The van der Waals surface area contributed by atoms with Gasteiger partial charge in [-0.15, -0.1) is 24.8 Å². The maximum absolute atomic E-state index is 8.81. The van der Waals surface area contributed by atoms with Crippen LogP contribution in [0.3, 0.4) is 0 Å². The zero-order chi connectivity index (χ0) is 9.61. The van der Waals surface area contributed by atoms with E-state index in [1.165, 1.54) is 32.1 Å². The summed E-state index contributed by atoms with van der Waals surface area (Å²) in [4.78, 5) is 0. The van der Waals surface area contributed by atoms with Gasteiger partial charge >= 0.3 is 0 Å². The van der Waals surface area contributed by atoms with E-state index >= 15 is 0 Å². The minimum atomic E-state index is -2.62. The minimum Gasteiger partial charge on any atom is -0.231 e. The second-order valence-electron chi connectivity index (χ2n) is 4.01. The van der Waals surface area contributed by atoms with Gasteiger partial charge in [-0.25, -0.2) is 13.6 Å². The lowest BCUT2D eigenvalue weighted by molar-refractivity contribution is 0.244. The third-order valence-corrected chi connectivity index (χ3v) is 2.21. The molecule has 1 fully saturated rings. The van der Waals surface area contributed by atoms with Crippen molar-refractivity contribution in [2.24, 2.45) is 10.6 Å². The van der Waals surface area contributed by atoms with Gasteiger partial charge in [-0.3, -0.25) is 0 Å². The second-order valence-corrected chi connectivity index (χ2v) is 4.58. The van der Waals surface area contributed by atoms with Crippen LogP contribution in [0.4, 0.5) is 0 Å². The maximum Gasteiger partial charge on any atom is 0.198 e. The minimum absolute atomic E-state index is 0. The average Bonchev–Trinajstić information content (AvgIpc) is 1.85. The average molecular weight is 266 g/mol. The fourth-order valence-corrected chi connectivity index (χ4v) is 1.51. The summed E-state index contributed by atoms with van der Waals surface area (Å²) in [6.07, 6.45) is 7.31. The van der Waals surface area contributed by atoms with E-state index < -0.39 is 10.9 Å². The molecule has 90 valence electrons. The molecule has 0 radical (unpaired) electrons. The fourth-order valence-electron chi connectivity index (χ4n) is 1.51. The van der Waals surface area contributed by atoms with Gasteiger partial charge in [-0.2, -0.15) is 0 Å². The summed E-state index contributed by atoms with van der Waals surface area (Å²) in [7, 11) is -2.62. The largest absolute Gasteiger partial charge is 0.231 e. The van der Waals surface area contributed by atoms with Crippen LogP contribution in [0.5, 0.6) is 0 Å². The van der Waals surface area contributed by atoms with Crippen molar-refractivity contribution in [3.8, 4) is 0 Å². The molecule has 0 atom stereocenters. The van der Waals surface area contributed by atoms with Crippen LogP contribution in [-0.4, -0.2) is 8.42 Å². The van der Waals surface area contributed by atoms with Crippen molar-refractivity contribution in [1.29, 1.82) is 0 Å². The summed E-state index contributed by atoms with van der Waals surface area (Å²) in [6.45, 7) is 4.76. The van der Waals surface area contributed by atoms with Gasteiger partial charge in [-0.1, -0.05) is 33.1 Å². The molecule has 1 rings (SSSR count). The number of thiol groups is 1. The normalized spacial score (nSPS) is 18.3. The number of hydrogen-bond donors (Lipinski definition) is 2. The first-order chi connectivity index (χ1) is 5.44. The molecule has 14 heavy (non-hydrogen) atoms. The molecule has 1 aliphatic rings. The molecule has 0 aromatic heterocycles. The third kappa shape index (κ3) is 15.0. The summed E-state index contributed by atoms with van der Waals surface area (Å²) in [6, 6.07) is 0. The lowest BCUT2D eigenvalue weighted by atomic mass is 9.78. The van der Waals surface area contributed by atoms with Gasteiger partial charge in [0.15, 0.2) is 10.9 Å². The van der Waals surface area contributed by atoms with Crippen LogP contribution in [0.1, 0.15) is 46.0 Å². The first-order valence-electron chi connectivity index (χ1n) is 4.33. The number of rotatable bonds is 0. The van der Waals surface area contributed by atoms with E-state index in [4.69, 9.17) is 8.42 Å². The standard InChI is InChI=1S/C8H16.2ClH.H3NO2S/c1-8(2)6-4-3-5-7-8;;;1-4(2)3/h3-7H2,1-2H3;2*1H;4H,(H2,1,2,3). The molecule has 0 aromatic rings. The fraction of sp³-hybridized carbons (Fsp3) is 1.00. The molecule has 0 aromatic carbocycles. The van der Waals surface area contributed by atoms with Gasteiger partial charge in [0.2, 0.25) is 0 Å². The second kappa shape index (κ2) is 10.0. The Labute approximate surface area is 101 Å².